The summed E-state index contributed by atoms with van der Waals surface area (Å²) >= 11 is 0. The Balaban J connectivity index is 2.12. The van der Waals surface area contributed by atoms with Crippen molar-refractivity contribution in [1.29, 1.82) is 0 Å². The lowest BCUT2D eigenvalue weighted by molar-refractivity contribution is -0.135. The number of methoxy groups -OCH3 is 1. The fourth-order valence-corrected chi connectivity index (χ4v) is 4.11. The SMILES string of the molecule is COc1cccc2c1CC[C@@H]1C(=O)N(C)CCC[C@]21C. The molecule has 2 aliphatic rings. The lowest BCUT2D eigenvalue weighted by atomic mass is 9.62. The normalized spacial score (nSPS) is 29.4. The lowest BCUT2D eigenvalue weighted by Crippen LogP contribution is -2.44. The summed E-state index contributed by atoms with van der Waals surface area (Å²) in [6.07, 6.45) is 4.03. The average Bonchev–Trinajstić information content (AvgIpc) is 2.56. The fraction of sp³-hybridized carbons (Fsp3) is 0.588. The van der Waals surface area contributed by atoms with Crippen molar-refractivity contribution in [3.8, 4) is 5.75 Å². The van der Waals surface area contributed by atoms with Crippen LogP contribution in [0.4, 0.5) is 0 Å². The molecule has 0 unspecified atom stereocenters. The summed E-state index contributed by atoms with van der Waals surface area (Å²) in [5.74, 6) is 1.42. The fourth-order valence-electron chi connectivity index (χ4n) is 4.11. The molecule has 1 aromatic carbocycles. The highest BCUT2D eigenvalue weighted by Gasteiger charge is 2.46. The van der Waals surface area contributed by atoms with Crippen molar-refractivity contribution in [1.82, 2.24) is 4.90 Å². The van der Waals surface area contributed by atoms with Crippen molar-refractivity contribution < 1.29 is 9.53 Å². The van der Waals surface area contributed by atoms with Gasteiger partial charge < -0.3 is 9.64 Å². The predicted molar refractivity (Wildman–Crippen MR) is 79.0 cm³/mol. The zero-order chi connectivity index (χ0) is 14.3. The van der Waals surface area contributed by atoms with E-state index < -0.39 is 0 Å². The topological polar surface area (TPSA) is 29.5 Å². The van der Waals surface area contributed by atoms with Crippen LogP contribution in [-0.4, -0.2) is 31.5 Å². The summed E-state index contributed by atoms with van der Waals surface area (Å²) < 4.78 is 5.52. The van der Waals surface area contributed by atoms with Gasteiger partial charge in [0.25, 0.3) is 0 Å². The van der Waals surface area contributed by atoms with Crippen molar-refractivity contribution in [3.63, 3.8) is 0 Å². The van der Waals surface area contributed by atoms with E-state index in [1.54, 1.807) is 7.11 Å². The molecule has 0 aromatic heterocycles. The Kier molecular flexibility index (Phi) is 3.23. The van der Waals surface area contributed by atoms with Crippen LogP contribution in [0.5, 0.6) is 5.75 Å². The molecule has 0 spiro atoms. The number of amides is 1. The first kappa shape index (κ1) is 13.5. The number of fused-ring (bicyclic) bond motifs is 3. The number of rotatable bonds is 1. The molecule has 0 N–H and O–H groups in total. The van der Waals surface area contributed by atoms with Gasteiger partial charge in [-0.15, -0.1) is 0 Å². The number of likely N-dealkylation sites (tertiary alicyclic amines) is 1. The predicted octanol–water partition coefficient (Wildman–Crippen LogP) is 2.77. The minimum absolute atomic E-state index is 0.0377. The highest BCUT2D eigenvalue weighted by atomic mass is 16.5. The van der Waals surface area contributed by atoms with Crippen molar-refractivity contribution in [2.24, 2.45) is 5.92 Å². The molecular weight excluding hydrogens is 250 g/mol. The summed E-state index contributed by atoms with van der Waals surface area (Å²) in [7, 11) is 3.67. The highest BCUT2D eigenvalue weighted by molar-refractivity contribution is 5.81. The maximum Gasteiger partial charge on any atom is 0.226 e. The Bertz CT molecular complexity index is 540. The minimum atomic E-state index is -0.0377. The molecule has 3 rings (SSSR count). The number of ether oxygens (including phenoxy) is 1. The molecule has 0 saturated carbocycles. The summed E-state index contributed by atoms with van der Waals surface area (Å²) in [5, 5.41) is 0. The van der Waals surface area contributed by atoms with Gasteiger partial charge in [0.2, 0.25) is 5.91 Å². The molecule has 20 heavy (non-hydrogen) atoms. The molecule has 3 heteroatoms. The van der Waals surface area contributed by atoms with Crippen molar-refractivity contribution in [2.45, 2.75) is 38.0 Å². The maximum atomic E-state index is 12.6. The van der Waals surface area contributed by atoms with Crippen molar-refractivity contribution >= 4 is 5.91 Å². The van der Waals surface area contributed by atoms with Crippen LogP contribution in [-0.2, 0) is 16.6 Å². The number of benzene rings is 1. The lowest BCUT2D eigenvalue weighted by Gasteiger charge is -2.42. The second-order valence-corrected chi connectivity index (χ2v) is 6.36. The van der Waals surface area contributed by atoms with Gasteiger partial charge in [-0.05, 0) is 42.9 Å². The van der Waals surface area contributed by atoms with Crippen LogP contribution in [0.3, 0.4) is 0 Å². The molecule has 108 valence electrons. The van der Waals surface area contributed by atoms with Gasteiger partial charge >= 0.3 is 0 Å². The van der Waals surface area contributed by atoms with Crippen molar-refractivity contribution in [2.75, 3.05) is 20.7 Å². The first-order chi connectivity index (χ1) is 9.58. The van der Waals surface area contributed by atoms with E-state index in [1.165, 1.54) is 11.1 Å². The molecule has 3 nitrogen and oxygen atoms in total. The van der Waals surface area contributed by atoms with Crippen LogP contribution in [0.15, 0.2) is 18.2 Å². The van der Waals surface area contributed by atoms with E-state index >= 15 is 0 Å². The van der Waals surface area contributed by atoms with Gasteiger partial charge in [0.1, 0.15) is 5.75 Å². The quantitative estimate of drug-likeness (QED) is 0.787. The van der Waals surface area contributed by atoms with E-state index in [-0.39, 0.29) is 11.3 Å². The minimum Gasteiger partial charge on any atom is -0.496 e. The second-order valence-electron chi connectivity index (χ2n) is 6.36. The van der Waals surface area contributed by atoms with E-state index in [0.29, 0.717) is 5.91 Å². The molecule has 1 saturated heterocycles. The van der Waals surface area contributed by atoms with Crippen molar-refractivity contribution in [3.05, 3.63) is 29.3 Å². The summed E-state index contributed by atoms with van der Waals surface area (Å²) in [5.41, 5.74) is 2.60. The van der Waals surface area contributed by atoms with Gasteiger partial charge in [0, 0.05) is 24.9 Å². The monoisotopic (exact) mass is 273 g/mol. The van der Waals surface area contributed by atoms with Gasteiger partial charge in [-0.25, -0.2) is 0 Å². The molecule has 1 heterocycles. The molecule has 1 aliphatic heterocycles. The Morgan fingerprint density at radius 2 is 2.20 bits per heavy atom. The summed E-state index contributed by atoms with van der Waals surface area (Å²) in [6, 6.07) is 6.29. The van der Waals surface area contributed by atoms with E-state index in [4.69, 9.17) is 4.74 Å². The number of hydrogen-bond donors (Lipinski definition) is 0. The highest BCUT2D eigenvalue weighted by Crippen LogP contribution is 2.48. The smallest absolute Gasteiger partial charge is 0.226 e. The van der Waals surface area contributed by atoms with Crippen LogP contribution in [0.2, 0.25) is 0 Å². The molecule has 1 amide bonds. The van der Waals surface area contributed by atoms with Crippen LogP contribution in [0, 0.1) is 5.92 Å². The number of carbonyl (C=O) groups excluding carboxylic acids is 1. The van der Waals surface area contributed by atoms with Crippen LogP contribution in [0.25, 0.3) is 0 Å². The van der Waals surface area contributed by atoms with Crippen LogP contribution < -0.4 is 4.74 Å². The Morgan fingerprint density at radius 3 is 2.95 bits per heavy atom. The first-order valence-electron chi connectivity index (χ1n) is 7.49. The number of nitrogens with zero attached hydrogens (tertiary/aromatic N) is 1. The van der Waals surface area contributed by atoms with Gasteiger partial charge in [0.15, 0.2) is 0 Å². The molecule has 1 aliphatic carbocycles. The van der Waals surface area contributed by atoms with Gasteiger partial charge in [0.05, 0.1) is 7.11 Å². The van der Waals surface area contributed by atoms with E-state index in [9.17, 15) is 4.79 Å². The third-order valence-electron chi connectivity index (χ3n) is 5.28. The zero-order valence-corrected chi connectivity index (χ0v) is 12.6. The van der Waals surface area contributed by atoms with Gasteiger partial charge in [-0.1, -0.05) is 19.1 Å². The summed E-state index contributed by atoms with van der Waals surface area (Å²) in [6.45, 7) is 3.15. The Hall–Kier alpha value is -1.51. The largest absolute Gasteiger partial charge is 0.496 e. The van der Waals surface area contributed by atoms with Gasteiger partial charge in [-0.2, -0.15) is 0 Å². The average molecular weight is 273 g/mol. The van der Waals surface area contributed by atoms with Crippen LogP contribution in [0.1, 0.15) is 37.3 Å². The van der Waals surface area contributed by atoms with E-state index in [2.05, 4.69) is 19.1 Å². The Morgan fingerprint density at radius 1 is 1.40 bits per heavy atom. The molecule has 0 bridgehead atoms. The third-order valence-corrected chi connectivity index (χ3v) is 5.28. The molecule has 0 radical (unpaired) electrons. The van der Waals surface area contributed by atoms with E-state index in [0.717, 1.165) is 38.0 Å². The Labute approximate surface area is 120 Å². The number of carbonyl (C=O) groups is 1. The second kappa shape index (κ2) is 4.80. The first-order valence-corrected chi connectivity index (χ1v) is 7.49. The molecule has 2 atom stereocenters. The summed E-state index contributed by atoms with van der Waals surface area (Å²) in [4.78, 5) is 14.6. The zero-order valence-electron chi connectivity index (χ0n) is 12.6. The third kappa shape index (κ3) is 1.83. The molecule has 1 aromatic rings. The molecule has 1 fully saturated rings. The van der Waals surface area contributed by atoms with Crippen LogP contribution >= 0.6 is 0 Å². The number of hydrogen-bond acceptors (Lipinski definition) is 2. The van der Waals surface area contributed by atoms with Gasteiger partial charge in [-0.3, -0.25) is 4.79 Å². The standard InChI is InChI=1S/C17H23NO2/c1-17-10-5-11-18(2)16(19)14(17)9-8-12-13(17)6-4-7-15(12)20-3/h4,6-7,14H,5,8-11H2,1-3H3/t14-,17-/m1/s1. The maximum absolute atomic E-state index is 12.6. The van der Waals surface area contributed by atoms with E-state index in [1.807, 2.05) is 18.0 Å². The molecular formula is C17H23NO2.